The third-order valence-corrected chi connectivity index (χ3v) is 3.79. The molecule has 5 heteroatoms. The summed E-state index contributed by atoms with van der Waals surface area (Å²) < 4.78 is 0. The molecule has 0 bridgehead atoms. The van der Waals surface area contributed by atoms with Crippen molar-refractivity contribution in [2.24, 2.45) is 0 Å². The molecular weight excluding hydrogens is 262 g/mol. The quantitative estimate of drug-likeness (QED) is 0.938. The molecule has 0 unspecified atom stereocenters. The Kier molecular flexibility index (Phi) is 3.99. The molecule has 3 heterocycles. The highest BCUT2D eigenvalue weighted by Crippen LogP contribution is 2.20. The fourth-order valence-electron chi connectivity index (χ4n) is 2.77. The maximum atomic E-state index is 4.55. The lowest BCUT2D eigenvalue weighted by Crippen LogP contribution is -2.39. The van der Waals surface area contributed by atoms with Crippen LogP contribution in [0.1, 0.15) is 24.4 Å². The molecule has 0 radical (unpaired) electrons. The molecule has 0 saturated carbocycles. The van der Waals surface area contributed by atoms with Crippen LogP contribution in [0.25, 0.3) is 0 Å². The number of piperidine rings is 1. The van der Waals surface area contributed by atoms with Crippen molar-refractivity contribution >= 4 is 11.6 Å². The summed E-state index contributed by atoms with van der Waals surface area (Å²) in [5, 5.41) is 3.51. The second kappa shape index (κ2) is 6.08. The minimum Gasteiger partial charge on any atom is -0.367 e. The number of pyridine rings is 1. The second-order valence-corrected chi connectivity index (χ2v) is 5.54. The Hall–Kier alpha value is -2.17. The van der Waals surface area contributed by atoms with Crippen LogP contribution in [-0.2, 0) is 0 Å². The molecule has 110 valence electrons. The van der Waals surface area contributed by atoms with Gasteiger partial charge in [0, 0.05) is 37.1 Å². The van der Waals surface area contributed by atoms with Gasteiger partial charge in [0.25, 0.3) is 0 Å². The summed E-state index contributed by atoms with van der Waals surface area (Å²) in [5.74, 6) is 2.86. The highest BCUT2D eigenvalue weighted by Gasteiger charge is 2.20. The molecule has 0 aliphatic carbocycles. The van der Waals surface area contributed by atoms with Crippen LogP contribution in [0.2, 0.25) is 0 Å². The third-order valence-electron chi connectivity index (χ3n) is 3.79. The smallest absolute Gasteiger partial charge is 0.132 e. The van der Waals surface area contributed by atoms with Crippen molar-refractivity contribution in [1.82, 2.24) is 15.0 Å². The van der Waals surface area contributed by atoms with Crippen molar-refractivity contribution in [3.63, 3.8) is 0 Å². The molecule has 0 aromatic carbocycles. The molecule has 2 aromatic rings. The summed E-state index contributed by atoms with van der Waals surface area (Å²) in [5.41, 5.74) is 1.03. The summed E-state index contributed by atoms with van der Waals surface area (Å²) in [7, 11) is 0. The summed E-state index contributed by atoms with van der Waals surface area (Å²) in [4.78, 5) is 15.6. The van der Waals surface area contributed by atoms with Crippen LogP contribution in [-0.4, -0.2) is 34.1 Å². The SMILES string of the molecule is Cc1cc(N2CCC(Nc3ccccn3)CC2)nc(C)n1. The number of aryl methyl sites for hydroxylation is 2. The Bertz CT molecular complexity index is 571. The van der Waals surface area contributed by atoms with E-state index in [1.54, 1.807) is 0 Å². The minimum atomic E-state index is 0.486. The van der Waals surface area contributed by atoms with Crippen molar-refractivity contribution in [1.29, 1.82) is 0 Å². The van der Waals surface area contributed by atoms with Gasteiger partial charge in [0.15, 0.2) is 0 Å². The average Bonchev–Trinajstić information content (AvgIpc) is 2.48. The zero-order valence-corrected chi connectivity index (χ0v) is 12.6. The number of hydrogen-bond donors (Lipinski definition) is 1. The van der Waals surface area contributed by atoms with Crippen LogP contribution >= 0.6 is 0 Å². The molecule has 1 aliphatic rings. The molecule has 0 spiro atoms. The minimum absolute atomic E-state index is 0.486. The van der Waals surface area contributed by atoms with Gasteiger partial charge in [-0.1, -0.05) is 6.07 Å². The molecule has 1 aliphatic heterocycles. The van der Waals surface area contributed by atoms with Gasteiger partial charge in [-0.05, 0) is 38.8 Å². The molecule has 3 rings (SSSR count). The Morgan fingerprint density at radius 2 is 1.95 bits per heavy atom. The number of nitrogens with zero attached hydrogens (tertiary/aromatic N) is 4. The van der Waals surface area contributed by atoms with Gasteiger partial charge >= 0.3 is 0 Å². The van der Waals surface area contributed by atoms with Crippen molar-refractivity contribution < 1.29 is 0 Å². The second-order valence-electron chi connectivity index (χ2n) is 5.54. The van der Waals surface area contributed by atoms with Crippen LogP contribution in [0.4, 0.5) is 11.6 Å². The van der Waals surface area contributed by atoms with Gasteiger partial charge in [0.2, 0.25) is 0 Å². The van der Waals surface area contributed by atoms with E-state index in [2.05, 4.69) is 31.2 Å². The zero-order chi connectivity index (χ0) is 14.7. The predicted octanol–water partition coefficient (Wildman–Crippen LogP) is 2.57. The monoisotopic (exact) mass is 283 g/mol. The summed E-state index contributed by atoms with van der Waals surface area (Å²) in [6.45, 7) is 6.00. The van der Waals surface area contributed by atoms with E-state index in [4.69, 9.17) is 0 Å². The Morgan fingerprint density at radius 1 is 1.14 bits per heavy atom. The number of hydrogen-bond acceptors (Lipinski definition) is 5. The average molecular weight is 283 g/mol. The number of rotatable bonds is 3. The topological polar surface area (TPSA) is 53.9 Å². The first-order valence-corrected chi connectivity index (χ1v) is 7.45. The Balaban J connectivity index is 1.60. The highest BCUT2D eigenvalue weighted by molar-refractivity contribution is 5.41. The van der Waals surface area contributed by atoms with E-state index < -0.39 is 0 Å². The van der Waals surface area contributed by atoms with E-state index in [1.165, 1.54) is 0 Å². The summed E-state index contributed by atoms with van der Waals surface area (Å²) in [6, 6.07) is 8.52. The van der Waals surface area contributed by atoms with Gasteiger partial charge in [-0.3, -0.25) is 0 Å². The Labute approximate surface area is 125 Å². The molecule has 1 N–H and O–H groups in total. The van der Waals surface area contributed by atoms with Gasteiger partial charge < -0.3 is 10.2 Å². The van der Waals surface area contributed by atoms with Crippen molar-refractivity contribution in [3.05, 3.63) is 42.0 Å². The van der Waals surface area contributed by atoms with Gasteiger partial charge in [0.1, 0.15) is 17.5 Å². The van der Waals surface area contributed by atoms with Gasteiger partial charge in [0.05, 0.1) is 0 Å². The lowest BCUT2D eigenvalue weighted by atomic mass is 10.0. The molecule has 2 aromatic heterocycles. The van der Waals surface area contributed by atoms with E-state index in [-0.39, 0.29) is 0 Å². The predicted molar refractivity (Wildman–Crippen MR) is 84.6 cm³/mol. The lowest BCUT2D eigenvalue weighted by molar-refractivity contribution is 0.521. The van der Waals surface area contributed by atoms with E-state index in [0.29, 0.717) is 6.04 Å². The van der Waals surface area contributed by atoms with Crippen LogP contribution in [0.15, 0.2) is 30.5 Å². The standard InChI is InChI=1S/C16H21N5/c1-12-11-16(19-13(2)18-12)21-9-6-14(7-10-21)20-15-5-3-4-8-17-15/h3-5,8,11,14H,6-7,9-10H2,1-2H3,(H,17,20). The van der Waals surface area contributed by atoms with Gasteiger partial charge in [-0.25, -0.2) is 15.0 Å². The van der Waals surface area contributed by atoms with Crippen molar-refractivity contribution in [3.8, 4) is 0 Å². The normalized spacial score (nSPS) is 16.0. The number of nitrogens with one attached hydrogen (secondary N) is 1. The van der Waals surface area contributed by atoms with Crippen LogP contribution < -0.4 is 10.2 Å². The Morgan fingerprint density at radius 3 is 2.62 bits per heavy atom. The van der Waals surface area contributed by atoms with Crippen LogP contribution in [0.3, 0.4) is 0 Å². The van der Waals surface area contributed by atoms with Crippen molar-refractivity contribution in [2.75, 3.05) is 23.3 Å². The summed E-state index contributed by atoms with van der Waals surface area (Å²) >= 11 is 0. The maximum absolute atomic E-state index is 4.55. The number of aromatic nitrogens is 3. The first kappa shape index (κ1) is 13.8. The van der Waals surface area contributed by atoms with E-state index >= 15 is 0 Å². The molecule has 21 heavy (non-hydrogen) atoms. The molecule has 1 fully saturated rings. The fraction of sp³-hybridized carbons (Fsp3) is 0.438. The van der Waals surface area contributed by atoms with E-state index in [1.807, 2.05) is 38.2 Å². The van der Waals surface area contributed by atoms with Crippen molar-refractivity contribution in [2.45, 2.75) is 32.7 Å². The molecule has 1 saturated heterocycles. The van der Waals surface area contributed by atoms with E-state index in [9.17, 15) is 0 Å². The molecular formula is C16H21N5. The van der Waals surface area contributed by atoms with Crippen LogP contribution in [0.5, 0.6) is 0 Å². The summed E-state index contributed by atoms with van der Waals surface area (Å²) in [6.07, 6.45) is 4.02. The lowest BCUT2D eigenvalue weighted by Gasteiger charge is -2.33. The largest absolute Gasteiger partial charge is 0.367 e. The van der Waals surface area contributed by atoms with Gasteiger partial charge in [-0.2, -0.15) is 0 Å². The molecule has 0 atom stereocenters. The first-order valence-electron chi connectivity index (χ1n) is 7.45. The molecule has 5 nitrogen and oxygen atoms in total. The van der Waals surface area contributed by atoms with E-state index in [0.717, 1.165) is 49.1 Å². The van der Waals surface area contributed by atoms with Gasteiger partial charge in [-0.15, -0.1) is 0 Å². The molecule has 0 amide bonds. The third kappa shape index (κ3) is 3.48. The fourth-order valence-corrected chi connectivity index (χ4v) is 2.77. The zero-order valence-electron chi connectivity index (χ0n) is 12.6. The number of anilines is 2. The maximum Gasteiger partial charge on any atom is 0.132 e. The van der Waals surface area contributed by atoms with Crippen LogP contribution in [0, 0.1) is 13.8 Å². The highest BCUT2D eigenvalue weighted by atomic mass is 15.2. The first-order chi connectivity index (χ1) is 10.2.